The zero-order valence-electron chi connectivity index (χ0n) is 11.5. The first kappa shape index (κ1) is 16.4. The molecule has 1 aromatic carbocycles. The Morgan fingerprint density at radius 1 is 1.41 bits per heavy atom. The van der Waals surface area contributed by atoms with Crippen LogP contribution in [0.3, 0.4) is 0 Å². The average Bonchev–Trinajstić information content (AvgIpc) is 2.83. The molecule has 0 bridgehead atoms. The van der Waals surface area contributed by atoms with Crippen molar-refractivity contribution in [3.8, 4) is 0 Å². The molecule has 1 amide bonds. The second-order valence-electron chi connectivity index (χ2n) is 4.59. The minimum Gasteiger partial charge on any atom is -0.449 e. The Balaban J connectivity index is 2.05. The number of carbonyl (C=O) groups is 1. The number of aryl methyl sites for hydroxylation is 2. The fourth-order valence-electron chi connectivity index (χ4n) is 1.84. The van der Waals surface area contributed by atoms with E-state index in [1.165, 1.54) is 12.3 Å². The van der Waals surface area contributed by atoms with Gasteiger partial charge in [0.2, 0.25) is 5.91 Å². The molecule has 2 aromatic rings. The minimum atomic E-state index is -4.60. The van der Waals surface area contributed by atoms with E-state index < -0.39 is 17.6 Å². The summed E-state index contributed by atoms with van der Waals surface area (Å²) in [6, 6.07) is 3.19. The van der Waals surface area contributed by atoms with Crippen LogP contribution in [0.5, 0.6) is 0 Å². The van der Waals surface area contributed by atoms with Crippen molar-refractivity contribution in [3.63, 3.8) is 0 Å². The third-order valence-corrected chi connectivity index (χ3v) is 3.07. The molecule has 1 aromatic heterocycles. The smallest absolute Gasteiger partial charge is 0.418 e. The van der Waals surface area contributed by atoms with Crippen LogP contribution in [0.25, 0.3) is 0 Å². The molecule has 0 fully saturated rings. The third kappa shape index (κ3) is 4.24. The van der Waals surface area contributed by atoms with E-state index in [0.29, 0.717) is 11.6 Å². The highest BCUT2D eigenvalue weighted by atomic mass is 35.5. The number of carbonyl (C=O) groups excluding carboxylic acids is 1. The lowest BCUT2D eigenvalue weighted by atomic mass is 10.1. The fourth-order valence-corrected chi connectivity index (χ4v) is 2.01. The van der Waals surface area contributed by atoms with Crippen LogP contribution >= 0.6 is 11.6 Å². The average molecular weight is 333 g/mol. The van der Waals surface area contributed by atoms with Gasteiger partial charge >= 0.3 is 6.18 Å². The lowest BCUT2D eigenvalue weighted by Crippen LogP contribution is -2.17. The van der Waals surface area contributed by atoms with Crippen molar-refractivity contribution < 1.29 is 22.4 Å². The molecular weight excluding hydrogens is 321 g/mol. The molecule has 0 aliphatic rings. The second-order valence-corrected chi connectivity index (χ2v) is 5.03. The van der Waals surface area contributed by atoms with Crippen molar-refractivity contribution in [2.24, 2.45) is 0 Å². The Labute approximate surface area is 129 Å². The molecular formula is C14H12ClF3N2O2. The molecule has 22 heavy (non-hydrogen) atoms. The Bertz CT molecular complexity index is 683. The molecule has 118 valence electrons. The van der Waals surface area contributed by atoms with Crippen molar-refractivity contribution >= 4 is 23.2 Å². The molecule has 0 aliphatic carbocycles. The van der Waals surface area contributed by atoms with Gasteiger partial charge in [0, 0.05) is 24.8 Å². The second kappa shape index (κ2) is 6.39. The summed E-state index contributed by atoms with van der Waals surface area (Å²) in [4.78, 5) is 15.8. The van der Waals surface area contributed by atoms with E-state index in [0.717, 1.165) is 12.1 Å². The van der Waals surface area contributed by atoms with Crippen LogP contribution in [0.2, 0.25) is 5.02 Å². The molecule has 1 N–H and O–H groups in total. The topological polar surface area (TPSA) is 55.1 Å². The third-order valence-electron chi connectivity index (χ3n) is 2.84. The molecule has 2 rings (SSSR count). The summed E-state index contributed by atoms with van der Waals surface area (Å²) >= 11 is 5.57. The zero-order chi connectivity index (χ0) is 16.3. The van der Waals surface area contributed by atoms with Gasteiger partial charge in [-0.3, -0.25) is 4.79 Å². The number of nitrogens with zero attached hydrogens (tertiary/aromatic N) is 1. The lowest BCUT2D eigenvalue weighted by molar-refractivity contribution is -0.137. The van der Waals surface area contributed by atoms with E-state index in [-0.39, 0.29) is 23.6 Å². The lowest BCUT2D eigenvalue weighted by Gasteiger charge is -2.14. The zero-order valence-corrected chi connectivity index (χ0v) is 12.3. The van der Waals surface area contributed by atoms with Gasteiger partial charge in [0.15, 0.2) is 5.89 Å². The molecule has 0 atom stereocenters. The van der Waals surface area contributed by atoms with E-state index in [4.69, 9.17) is 16.0 Å². The van der Waals surface area contributed by atoms with E-state index in [1.807, 2.05) is 0 Å². The molecule has 0 spiro atoms. The van der Waals surface area contributed by atoms with Crippen LogP contribution in [0.4, 0.5) is 18.9 Å². The molecule has 0 saturated carbocycles. The number of amides is 1. The predicted molar refractivity (Wildman–Crippen MR) is 74.6 cm³/mol. The Morgan fingerprint density at radius 3 is 2.73 bits per heavy atom. The SMILES string of the molecule is Cc1nc(CCC(=O)Nc2ccc(Cl)cc2C(F)(F)F)co1. The number of oxazole rings is 1. The van der Waals surface area contributed by atoms with Crippen LogP contribution < -0.4 is 5.32 Å². The maximum atomic E-state index is 12.9. The first-order valence-corrected chi connectivity index (χ1v) is 6.71. The number of rotatable bonds is 4. The molecule has 0 unspecified atom stereocenters. The quantitative estimate of drug-likeness (QED) is 0.911. The van der Waals surface area contributed by atoms with Gasteiger partial charge in [0.05, 0.1) is 16.9 Å². The van der Waals surface area contributed by atoms with E-state index in [1.54, 1.807) is 6.92 Å². The van der Waals surface area contributed by atoms with Crippen LogP contribution in [0, 0.1) is 6.92 Å². The van der Waals surface area contributed by atoms with E-state index in [2.05, 4.69) is 10.3 Å². The van der Waals surface area contributed by atoms with Gasteiger partial charge in [-0.15, -0.1) is 0 Å². The van der Waals surface area contributed by atoms with Gasteiger partial charge in [0.25, 0.3) is 0 Å². The first-order valence-electron chi connectivity index (χ1n) is 6.33. The molecule has 0 aliphatic heterocycles. The maximum Gasteiger partial charge on any atom is 0.418 e. The summed E-state index contributed by atoms with van der Waals surface area (Å²) in [6.45, 7) is 1.66. The number of anilines is 1. The number of aromatic nitrogens is 1. The number of hydrogen-bond donors (Lipinski definition) is 1. The van der Waals surface area contributed by atoms with Gasteiger partial charge in [-0.2, -0.15) is 13.2 Å². The summed E-state index contributed by atoms with van der Waals surface area (Å²) in [5.41, 5.74) is -0.733. The Kier molecular flexibility index (Phi) is 4.75. The predicted octanol–water partition coefficient (Wildman–Crippen LogP) is 4.23. The Hall–Kier alpha value is -2.02. The summed E-state index contributed by atoms with van der Waals surface area (Å²) in [5, 5.41) is 2.19. The highest BCUT2D eigenvalue weighted by molar-refractivity contribution is 6.30. The number of alkyl halides is 3. The summed E-state index contributed by atoms with van der Waals surface area (Å²) in [6.07, 6.45) is -2.92. The normalized spacial score (nSPS) is 11.5. The summed E-state index contributed by atoms with van der Waals surface area (Å²) < 4.78 is 43.7. The molecule has 0 radical (unpaired) electrons. The number of nitrogens with one attached hydrogen (secondary N) is 1. The summed E-state index contributed by atoms with van der Waals surface area (Å²) in [5.74, 6) is -0.0825. The van der Waals surface area contributed by atoms with Crippen molar-refractivity contribution in [1.82, 2.24) is 4.98 Å². The standard InChI is InChI=1S/C14H12ClF3N2O2/c1-8-19-10(7-22-8)3-5-13(21)20-12-4-2-9(15)6-11(12)14(16,17)18/h2,4,6-7H,3,5H2,1H3,(H,20,21). The van der Waals surface area contributed by atoms with Gasteiger partial charge in [0.1, 0.15) is 6.26 Å². The van der Waals surface area contributed by atoms with Crippen molar-refractivity contribution in [2.45, 2.75) is 25.9 Å². The van der Waals surface area contributed by atoms with Crippen LogP contribution in [-0.2, 0) is 17.4 Å². The Morgan fingerprint density at radius 2 is 2.14 bits per heavy atom. The highest BCUT2D eigenvalue weighted by Gasteiger charge is 2.34. The van der Waals surface area contributed by atoms with Crippen molar-refractivity contribution in [2.75, 3.05) is 5.32 Å². The molecule has 1 heterocycles. The number of hydrogen-bond acceptors (Lipinski definition) is 3. The van der Waals surface area contributed by atoms with E-state index in [9.17, 15) is 18.0 Å². The fraction of sp³-hybridized carbons (Fsp3) is 0.286. The maximum absolute atomic E-state index is 12.9. The molecule has 0 saturated heterocycles. The largest absolute Gasteiger partial charge is 0.449 e. The molecule has 8 heteroatoms. The van der Waals surface area contributed by atoms with E-state index >= 15 is 0 Å². The van der Waals surface area contributed by atoms with Gasteiger partial charge in [-0.25, -0.2) is 4.98 Å². The summed E-state index contributed by atoms with van der Waals surface area (Å²) in [7, 11) is 0. The minimum absolute atomic E-state index is 0.00804. The van der Waals surface area contributed by atoms with Gasteiger partial charge < -0.3 is 9.73 Å². The number of halogens is 4. The van der Waals surface area contributed by atoms with Crippen LogP contribution in [-0.4, -0.2) is 10.9 Å². The number of benzene rings is 1. The van der Waals surface area contributed by atoms with Crippen molar-refractivity contribution in [1.29, 1.82) is 0 Å². The molecule has 4 nitrogen and oxygen atoms in total. The monoisotopic (exact) mass is 332 g/mol. The van der Waals surface area contributed by atoms with Gasteiger partial charge in [-0.1, -0.05) is 11.6 Å². The van der Waals surface area contributed by atoms with Crippen LogP contribution in [0.15, 0.2) is 28.9 Å². The van der Waals surface area contributed by atoms with Gasteiger partial charge in [-0.05, 0) is 18.2 Å². The highest BCUT2D eigenvalue weighted by Crippen LogP contribution is 2.36. The van der Waals surface area contributed by atoms with Crippen LogP contribution in [0.1, 0.15) is 23.6 Å². The first-order chi connectivity index (χ1) is 10.3. The van der Waals surface area contributed by atoms with Crippen molar-refractivity contribution in [3.05, 3.63) is 46.6 Å².